The van der Waals surface area contributed by atoms with Crippen LogP contribution >= 0.6 is 0 Å². The lowest BCUT2D eigenvalue weighted by molar-refractivity contribution is -0.128. The van der Waals surface area contributed by atoms with Crippen LogP contribution in [0.1, 0.15) is 32.3 Å². The predicted octanol–water partition coefficient (Wildman–Crippen LogP) is 1.73. The Morgan fingerprint density at radius 1 is 1.40 bits per heavy atom. The first-order valence-electron chi connectivity index (χ1n) is 6.81. The average Bonchev–Trinajstić information content (AvgIpc) is 2.39. The third-order valence-corrected chi connectivity index (χ3v) is 3.09. The lowest BCUT2D eigenvalue weighted by Gasteiger charge is -2.16. The van der Waals surface area contributed by atoms with Gasteiger partial charge in [-0.15, -0.1) is 0 Å². The summed E-state index contributed by atoms with van der Waals surface area (Å²) in [5.74, 6) is -0.173. The minimum absolute atomic E-state index is 0.00408. The first-order chi connectivity index (χ1) is 9.43. The summed E-state index contributed by atoms with van der Waals surface area (Å²) < 4.78 is 0. The number of carbonyl (C=O) groups is 2. The molecule has 5 nitrogen and oxygen atoms in total. The van der Waals surface area contributed by atoms with Gasteiger partial charge in [-0.1, -0.05) is 25.5 Å². The third kappa shape index (κ3) is 5.01. The van der Waals surface area contributed by atoms with Crippen LogP contribution < -0.4 is 11.1 Å². The van der Waals surface area contributed by atoms with E-state index >= 15 is 0 Å². The van der Waals surface area contributed by atoms with Gasteiger partial charge in [0.15, 0.2) is 0 Å². The fourth-order valence-electron chi connectivity index (χ4n) is 1.81. The summed E-state index contributed by atoms with van der Waals surface area (Å²) in [6.45, 7) is 4.03. The van der Waals surface area contributed by atoms with Crippen LogP contribution in [0.15, 0.2) is 24.3 Å². The maximum atomic E-state index is 11.8. The molecule has 5 heteroatoms. The number of amides is 2. The van der Waals surface area contributed by atoms with E-state index in [-0.39, 0.29) is 11.8 Å². The Morgan fingerprint density at radius 2 is 2.10 bits per heavy atom. The quantitative estimate of drug-likeness (QED) is 0.831. The van der Waals surface area contributed by atoms with Gasteiger partial charge in [0.05, 0.1) is 6.04 Å². The zero-order chi connectivity index (χ0) is 15.1. The normalized spacial score (nSPS) is 11.8. The molecule has 1 rings (SSSR count). The lowest BCUT2D eigenvalue weighted by atomic mass is 10.1. The third-order valence-electron chi connectivity index (χ3n) is 3.09. The molecule has 0 bridgehead atoms. The highest BCUT2D eigenvalue weighted by molar-refractivity contribution is 5.94. The van der Waals surface area contributed by atoms with Gasteiger partial charge in [-0.3, -0.25) is 9.59 Å². The lowest BCUT2D eigenvalue weighted by Crippen LogP contribution is -2.35. The average molecular weight is 277 g/mol. The standard InChI is InChI=1S/C15H23N3O2/c1-4-6-14(16)15(20)17-13-8-5-7-12(9-13)10-18(3)11(2)19/h5,7-9,14H,4,6,10,16H2,1-3H3,(H,17,20). The van der Waals surface area contributed by atoms with E-state index < -0.39 is 6.04 Å². The summed E-state index contributed by atoms with van der Waals surface area (Å²) in [5.41, 5.74) is 7.44. The van der Waals surface area contributed by atoms with Crippen molar-refractivity contribution in [2.45, 2.75) is 39.3 Å². The van der Waals surface area contributed by atoms with Crippen molar-refractivity contribution in [3.8, 4) is 0 Å². The molecule has 0 saturated heterocycles. The molecule has 0 spiro atoms. The van der Waals surface area contributed by atoms with Gasteiger partial charge in [-0.05, 0) is 24.1 Å². The van der Waals surface area contributed by atoms with E-state index in [0.717, 1.165) is 12.0 Å². The molecule has 0 aromatic heterocycles. The van der Waals surface area contributed by atoms with Crippen molar-refractivity contribution in [3.05, 3.63) is 29.8 Å². The molecule has 0 radical (unpaired) electrons. The Bertz CT molecular complexity index is 474. The molecule has 0 aliphatic heterocycles. The Labute approximate surface area is 120 Å². The van der Waals surface area contributed by atoms with E-state index in [0.29, 0.717) is 18.7 Å². The molecule has 1 aromatic carbocycles. The molecule has 0 aliphatic rings. The zero-order valence-electron chi connectivity index (χ0n) is 12.3. The number of nitrogens with zero attached hydrogens (tertiary/aromatic N) is 1. The molecule has 0 aliphatic carbocycles. The van der Waals surface area contributed by atoms with E-state index in [1.165, 1.54) is 6.92 Å². The number of rotatable bonds is 6. The summed E-state index contributed by atoms with van der Waals surface area (Å²) >= 11 is 0. The van der Waals surface area contributed by atoms with E-state index in [1.807, 2.05) is 31.2 Å². The number of anilines is 1. The second-order valence-electron chi connectivity index (χ2n) is 4.96. The van der Waals surface area contributed by atoms with Crippen LogP contribution in [0.25, 0.3) is 0 Å². The van der Waals surface area contributed by atoms with Gasteiger partial charge in [-0.25, -0.2) is 0 Å². The number of carbonyl (C=O) groups excluding carboxylic acids is 2. The highest BCUT2D eigenvalue weighted by Crippen LogP contribution is 2.13. The molecule has 0 saturated carbocycles. The Balaban J connectivity index is 2.68. The maximum Gasteiger partial charge on any atom is 0.241 e. The Hall–Kier alpha value is -1.88. The molecular formula is C15H23N3O2. The van der Waals surface area contributed by atoms with Crippen LogP contribution in [-0.4, -0.2) is 29.8 Å². The fraction of sp³-hybridized carbons (Fsp3) is 0.467. The van der Waals surface area contributed by atoms with Crippen molar-refractivity contribution in [2.75, 3.05) is 12.4 Å². The molecule has 1 unspecified atom stereocenters. The van der Waals surface area contributed by atoms with Crippen molar-refractivity contribution in [3.63, 3.8) is 0 Å². The second-order valence-corrected chi connectivity index (χ2v) is 4.96. The first kappa shape index (κ1) is 16.2. The van der Waals surface area contributed by atoms with E-state index in [1.54, 1.807) is 11.9 Å². The Kier molecular flexibility index (Phi) is 6.18. The monoisotopic (exact) mass is 277 g/mol. The second kappa shape index (κ2) is 7.65. The fourth-order valence-corrected chi connectivity index (χ4v) is 1.81. The zero-order valence-corrected chi connectivity index (χ0v) is 12.3. The predicted molar refractivity (Wildman–Crippen MR) is 80.1 cm³/mol. The van der Waals surface area contributed by atoms with Crippen LogP contribution in [-0.2, 0) is 16.1 Å². The molecular weight excluding hydrogens is 254 g/mol. The van der Waals surface area contributed by atoms with E-state index in [4.69, 9.17) is 5.73 Å². The molecule has 1 aromatic rings. The van der Waals surface area contributed by atoms with E-state index in [2.05, 4.69) is 5.32 Å². The first-order valence-corrected chi connectivity index (χ1v) is 6.81. The van der Waals surface area contributed by atoms with Gasteiger partial charge in [0, 0.05) is 26.2 Å². The highest BCUT2D eigenvalue weighted by Gasteiger charge is 2.12. The van der Waals surface area contributed by atoms with Crippen LogP contribution in [0.4, 0.5) is 5.69 Å². The largest absolute Gasteiger partial charge is 0.342 e. The van der Waals surface area contributed by atoms with Gasteiger partial charge in [-0.2, -0.15) is 0 Å². The minimum atomic E-state index is -0.483. The summed E-state index contributed by atoms with van der Waals surface area (Å²) in [6, 6.07) is 6.96. The van der Waals surface area contributed by atoms with Gasteiger partial charge < -0.3 is 16.0 Å². The topological polar surface area (TPSA) is 75.4 Å². The number of nitrogens with one attached hydrogen (secondary N) is 1. The van der Waals surface area contributed by atoms with Crippen LogP contribution in [0.3, 0.4) is 0 Å². The number of benzene rings is 1. The van der Waals surface area contributed by atoms with Crippen LogP contribution in [0, 0.1) is 0 Å². The van der Waals surface area contributed by atoms with Crippen LogP contribution in [0.2, 0.25) is 0 Å². The van der Waals surface area contributed by atoms with Crippen molar-refractivity contribution in [1.29, 1.82) is 0 Å². The summed E-state index contributed by atoms with van der Waals surface area (Å²) in [7, 11) is 1.74. The number of hydrogen-bond donors (Lipinski definition) is 2. The molecule has 1 atom stereocenters. The molecule has 2 amide bonds. The molecule has 110 valence electrons. The highest BCUT2D eigenvalue weighted by atomic mass is 16.2. The summed E-state index contributed by atoms with van der Waals surface area (Å²) in [4.78, 5) is 24.7. The summed E-state index contributed by atoms with van der Waals surface area (Å²) in [5, 5.41) is 2.80. The molecule has 0 heterocycles. The molecule has 0 fully saturated rings. The van der Waals surface area contributed by atoms with Gasteiger partial charge in [0.25, 0.3) is 0 Å². The van der Waals surface area contributed by atoms with Crippen molar-refractivity contribution in [1.82, 2.24) is 4.90 Å². The Morgan fingerprint density at radius 3 is 2.70 bits per heavy atom. The van der Waals surface area contributed by atoms with Crippen molar-refractivity contribution >= 4 is 17.5 Å². The number of hydrogen-bond acceptors (Lipinski definition) is 3. The van der Waals surface area contributed by atoms with Gasteiger partial charge in [0.1, 0.15) is 0 Å². The maximum absolute atomic E-state index is 11.8. The van der Waals surface area contributed by atoms with Gasteiger partial charge in [0.2, 0.25) is 11.8 Å². The van der Waals surface area contributed by atoms with Crippen LogP contribution in [0.5, 0.6) is 0 Å². The molecule has 3 N–H and O–H groups in total. The smallest absolute Gasteiger partial charge is 0.241 e. The van der Waals surface area contributed by atoms with Crippen molar-refractivity contribution in [2.24, 2.45) is 5.73 Å². The summed E-state index contributed by atoms with van der Waals surface area (Å²) in [6.07, 6.45) is 1.54. The van der Waals surface area contributed by atoms with E-state index in [9.17, 15) is 9.59 Å². The van der Waals surface area contributed by atoms with Gasteiger partial charge >= 0.3 is 0 Å². The van der Waals surface area contributed by atoms with Crippen molar-refractivity contribution < 1.29 is 9.59 Å². The minimum Gasteiger partial charge on any atom is -0.342 e. The SMILES string of the molecule is CCCC(N)C(=O)Nc1cccc(CN(C)C(C)=O)c1. The molecule has 20 heavy (non-hydrogen) atoms. The number of nitrogens with two attached hydrogens (primary N) is 1.